The molecule has 0 bridgehead atoms. The summed E-state index contributed by atoms with van der Waals surface area (Å²) in [5, 5.41) is 11.0. The predicted molar refractivity (Wildman–Crippen MR) is 125 cm³/mol. The molecule has 9 nitrogen and oxygen atoms in total. The molecular weight excluding hydrogens is 461 g/mol. The van der Waals surface area contributed by atoms with Crippen molar-refractivity contribution in [3.05, 3.63) is 53.0 Å². The average Bonchev–Trinajstić information content (AvgIpc) is 3.41. The molecule has 0 amide bonds. The molecule has 1 fully saturated rings. The van der Waals surface area contributed by atoms with E-state index in [1.165, 1.54) is 23.2 Å². The van der Waals surface area contributed by atoms with E-state index in [0.717, 1.165) is 19.0 Å². The number of H-pyrrole nitrogens is 1. The lowest BCUT2D eigenvalue weighted by molar-refractivity contribution is -0.137. The van der Waals surface area contributed by atoms with Gasteiger partial charge < -0.3 is 15.6 Å². The van der Waals surface area contributed by atoms with Crippen molar-refractivity contribution in [2.75, 3.05) is 11.9 Å². The molecule has 0 aromatic carbocycles. The van der Waals surface area contributed by atoms with Gasteiger partial charge in [-0.25, -0.2) is 9.97 Å². The summed E-state index contributed by atoms with van der Waals surface area (Å²) in [5.74, 6) is 0.109. The number of anilines is 1. The smallest absolute Gasteiger partial charge is 0.356 e. The van der Waals surface area contributed by atoms with E-state index in [2.05, 4.69) is 44.5 Å². The van der Waals surface area contributed by atoms with E-state index in [1.54, 1.807) is 24.0 Å². The van der Waals surface area contributed by atoms with Crippen molar-refractivity contribution in [3.63, 3.8) is 0 Å². The zero-order chi connectivity index (χ0) is 25.0. The maximum absolute atomic E-state index is 13.9. The number of aryl methyl sites for hydroxylation is 1. The van der Waals surface area contributed by atoms with Crippen LogP contribution in [0.2, 0.25) is 0 Å². The highest BCUT2D eigenvalue weighted by atomic mass is 19.4. The fraction of sp³-hybridized carbons (Fsp3) is 0.391. The second-order valence-electron chi connectivity index (χ2n) is 9.45. The quantitative estimate of drug-likeness (QED) is 0.408. The Morgan fingerprint density at radius 3 is 2.71 bits per heavy atom. The fourth-order valence-electron chi connectivity index (χ4n) is 4.35. The molecule has 0 spiro atoms. The van der Waals surface area contributed by atoms with Crippen LogP contribution in [0, 0.1) is 0 Å². The molecule has 1 saturated heterocycles. The molecule has 1 aliphatic heterocycles. The van der Waals surface area contributed by atoms with Gasteiger partial charge in [-0.15, -0.1) is 0 Å². The molecule has 4 aromatic rings. The van der Waals surface area contributed by atoms with Gasteiger partial charge in [-0.05, 0) is 32.8 Å². The van der Waals surface area contributed by atoms with Gasteiger partial charge in [0, 0.05) is 60.9 Å². The minimum atomic E-state index is -4.67. The van der Waals surface area contributed by atoms with E-state index < -0.39 is 17.3 Å². The lowest BCUT2D eigenvalue weighted by Gasteiger charge is -2.36. The number of hydrogen-bond donors (Lipinski definition) is 3. The van der Waals surface area contributed by atoms with E-state index in [4.69, 9.17) is 0 Å². The lowest BCUT2D eigenvalue weighted by atomic mass is 9.91. The Labute approximate surface area is 198 Å². The first kappa shape index (κ1) is 23.1. The molecule has 0 aliphatic carbocycles. The van der Waals surface area contributed by atoms with Gasteiger partial charge >= 0.3 is 6.18 Å². The summed E-state index contributed by atoms with van der Waals surface area (Å²) in [6.45, 7) is 4.86. The predicted octanol–water partition coefficient (Wildman–Crippen LogP) is 3.47. The summed E-state index contributed by atoms with van der Waals surface area (Å²) in [6, 6.07) is 1.58. The molecule has 35 heavy (non-hydrogen) atoms. The molecule has 3 N–H and O–H groups in total. The van der Waals surface area contributed by atoms with Crippen LogP contribution in [0.5, 0.6) is 0 Å². The number of nitrogens with one attached hydrogen (secondary N) is 3. The highest BCUT2D eigenvalue weighted by Crippen LogP contribution is 2.38. The van der Waals surface area contributed by atoms with Crippen LogP contribution in [0.3, 0.4) is 0 Å². The Balaban J connectivity index is 1.56. The summed E-state index contributed by atoms with van der Waals surface area (Å²) in [4.78, 5) is 24.1. The SMILES string of the molecule is Cn1cc(-n2ccc3c(-c4nc(NC5CCC(C)(C)NC5)ncc4C(F)(F)F)c[nH]c3c2=O)cn1. The lowest BCUT2D eigenvalue weighted by Crippen LogP contribution is -2.50. The van der Waals surface area contributed by atoms with Crippen molar-refractivity contribution in [3.8, 4) is 16.9 Å². The monoisotopic (exact) mass is 486 g/mol. The van der Waals surface area contributed by atoms with Gasteiger partial charge in [0.25, 0.3) is 5.56 Å². The van der Waals surface area contributed by atoms with Gasteiger partial charge in [-0.3, -0.25) is 14.0 Å². The molecule has 5 rings (SSSR count). The summed E-state index contributed by atoms with van der Waals surface area (Å²) >= 11 is 0. The number of nitrogens with zero attached hydrogens (tertiary/aromatic N) is 5. The maximum atomic E-state index is 13.9. The first-order valence-electron chi connectivity index (χ1n) is 11.2. The van der Waals surface area contributed by atoms with Crippen LogP contribution < -0.4 is 16.2 Å². The van der Waals surface area contributed by atoms with Crippen LogP contribution in [-0.4, -0.2) is 47.4 Å². The summed E-state index contributed by atoms with van der Waals surface area (Å²) in [7, 11) is 1.73. The number of halogens is 3. The number of rotatable bonds is 4. The number of hydrogen-bond acceptors (Lipinski definition) is 6. The normalized spacial score (nSPS) is 18.2. The summed E-state index contributed by atoms with van der Waals surface area (Å²) in [6.07, 6.45) is 3.96. The Kier molecular flexibility index (Phi) is 5.42. The van der Waals surface area contributed by atoms with Crippen LogP contribution in [0.4, 0.5) is 19.1 Å². The molecule has 1 aliphatic rings. The van der Waals surface area contributed by atoms with E-state index in [0.29, 0.717) is 17.6 Å². The second kappa shape index (κ2) is 8.22. The molecule has 0 radical (unpaired) electrons. The Morgan fingerprint density at radius 2 is 2.06 bits per heavy atom. The van der Waals surface area contributed by atoms with Gasteiger partial charge in [0.1, 0.15) is 11.1 Å². The Bertz CT molecular complexity index is 1440. The Morgan fingerprint density at radius 1 is 1.26 bits per heavy atom. The van der Waals surface area contributed by atoms with E-state index in [-0.39, 0.29) is 34.3 Å². The molecule has 184 valence electrons. The minimum absolute atomic E-state index is 0.0110. The maximum Gasteiger partial charge on any atom is 0.419 e. The van der Waals surface area contributed by atoms with Gasteiger partial charge in [0.15, 0.2) is 0 Å². The first-order valence-corrected chi connectivity index (χ1v) is 11.2. The molecule has 12 heteroatoms. The van der Waals surface area contributed by atoms with Gasteiger partial charge in [0.05, 0.1) is 17.6 Å². The third-order valence-electron chi connectivity index (χ3n) is 6.34. The second-order valence-corrected chi connectivity index (χ2v) is 9.45. The third kappa shape index (κ3) is 4.41. The van der Waals surface area contributed by atoms with E-state index in [1.807, 2.05) is 0 Å². The topological polar surface area (TPSA) is 105 Å². The van der Waals surface area contributed by atoms with Crippen molar-refractivity contribution in [1.82, 2.24) is 34.6 Å². The highest BCUT2D eigenvalue weighted by molar-refractivity contribution is 5.95. The highest BCUT2D eigenvalue weighted by Gasteiger charge is 2.36. The molecule has 1 unspecified atom stereocenters. The van der Waals surface area contributed by atoms with Crippen LogP contribution >= 0.6 is 0 Å². The minimum Gasteiger partial charge on any atom is -0.356 e. The Hall–Kier alpha value is -3.67. The van der Waals surface area contributed by atoms with Crippen molar-refractivity contribution >= 4 is 16.9 Å². The van der Waals surface area contributed by atoms with Crippen LogP contribution in [0.15, 0.2) is 41.8 Å². The zero-order valence-electron chi connectivity index (χ0n) is 19.4. The van der Waals surface area contributed by atoms with Crippen molar-refractivity contribution in [2.24, 2.45) is 7.05 Å². The number of alkyl halides is 3. The van der Waals surface area contributed by atoms with Crippen LogP contribution in [0.1, 0.15) is 32.3 Å². The number of piperidine rings is 1. The van der Waals surface area contributed by atoms with Crippen molar-refractivity contribution < 1.29 is 13.2 Å². The number of fused-ring (bicyclic) bond motifs is 1. The number of aromatic amines is 1. The first-order chi connectivity index (χ1) is 16.5. The number of pyridine rings is 1. The van der Waals surface area contributed by atoms with Crippen LogP contribution in [0.25, 0.3) is 27.8 Å². The van der Waals surface area contributed by atoms with Gasteiger partial charge in [-0.2, -0.15) is 18.3 Å². The standard InChI is InChI=1S/C23H25F3N8O/c1-22(2)6-4-13(8-29-22)31-21-28-11-17(23(24,25)26)18(32-21)16-10-27-19-15(16)5-7-34(20(19)35)14-9-30-33(3)12-14/h5,7,9-13,27,29H,4,6,8H2,1-3H3,(H,28,31,32). The van der Waals surface area contributed by atoms with Gasteiger partial charge in [0.2, 0.25) is 5.95 Å². The van der Waals surface area contributed by atoms with Crippen LogP contribution in [-0.2, 0) is 13.2 Å². The largest absolute Gasteiger partial charge is 0.419 e. The van der Waals surface area contributed by atoms with Crippen molar-refractivity contribution in [1.29, 1.82) is 0 Å². The molecule has 1 atom stereocenters. The van der Waals surface area contributed by atoms with Crippen molar-refractivity contribution in [2.45, 2.75) is 44.4 Å². The molecule has 0 saturated carbocycles. The zero-order valence-corrected chi connectivity index (χ0v) is 19.4. The van der Waals surface area contributed by atoms with E-state index in [9.17, 15) is 18.0 Å². The summed E-state index contributed by atoms with van der Waals surface area (Å²) in [5.41, 5.74) is -0.755. The molecule has 5 heterocycles. The number of aromatic nitrogens is 6. The average molecular weight is 487 g/mol. The third-order valence-corrected chi connectivity index (χ3v) is 6.34. The molecular formula is C23H25F3N8O. The van der Waals surface area contributed by atoms with Gasteiger partial charge in [-0.1, -0.05) is 0 Å². The molecule has 4 aromatic heterocycles. The summed E-state index contributed by atoms with van der Waals surface area (Å²) < 4.78 is 44.6. The fourth-order valence-corrected chi connectivity index (χ4v) is 4.35. The van der Waals surface area contributed by atoms with E-state index >= 15 is 0 Å².